The molecule has 4 nitrogen and oxygen atoms in total. The predicted octanol–water partition coefficient (Wildman–Crippen LogP) is 6.35. The van der Waals surface area contributed by atoms with Gasteiger partial charge in [0, 0.05) is 10.1 Å². The van der Waals surface area contributed by atoms with E-state index in [2.05, 4.69) is 0 Å². The molecule has 8 heteroatoms. The lowest BCUT2D eigenvalue weighted by molar-refractivity contribution is -0.140. The molecule has 2 atom stereocenters. The van der Waals surface area contributed by atoms with Crippen LogP contribution in [0.1, 0.15) is 47.2 Å². The third-order valence-corrected chi connectivity index (χ3v) is 5.97. The second-order valence-electron chi connectivity index (χ2n) is 6.80. The van der Waals surface area contributed by atoms with Crippen LogP contribution in [0.3, 0.4) is 0 Å². The molecule has 0 saturated heterocycles. The Bertz CT molecular complexity index is 1070. The Morgan fingerprint density at radius 1 is 1.10 bits per heavy atom. The molecule has 0 spiro atoms. The summed E-state index contributed by atoms with van der Waals surface area (Å²) in [6.07, 6.45) is -4.95. The average molecular weight is 436 g/mol. The first-order valence-electron chi connectivity index (χ1n) is 9.25. The number of carbonyl (C=O) groups excluding carboxylic acids is 1. The summed E-state index contributed by atoms with van der Waals surface area (Å²) in [5, 5.41) is 10.0. The number of benzene rings is 2. The predicted molar refractivity (Wildman–Crippen MR) is 108 cm³/mol. The minimum absolute atomic E-state index is 0.135. The Morgan fingerprint density at radius 3 is 2.30 bits per heavy atom. The highest BCUT2D eigenvalue weighted by atomic mass is 32.1. The summed E-state index contributed by atoms with van der Waals surface area (Å²) in [5.41, 5.74) is -0.260. The van der Waals surface area contributed by atoms with E-state index in [4.69, 9.17) is 4.74 Å². The van der Waals surface area contributed by atoms with Crippen molar-refractivity contribution in [2.45, 2.75) is 32.5 Å². The number of ether oxygens (including phenoxy) is 1. The van der Waals surface area contributed by atoms with Crippen LogP contribution in [0.5, 0.6) is 5.75 Å². The lowest BCUT2D eigenvalue weighted by atomic mass is 9.99. The average Bonchev–Trinajstić information content (AvgIpc) is 3.06. The number of thiophene rings is 1. The zero-order valence-electron chi connectivity index (χ0n) is 16.2. The molecule has 0 amide bonds. The van der Waals surface area contributed by atoms with E-state index in [0.717, 1.165) is 28.2 Å². The normalized spacial score (nSPS) is 13.8. The van der Waals surface area contributed by atoms with Gasteiger partial charge in [-0.2, -0.15) is 13.2 Å². The fraction of sp³-hybridized carbons (Fsp3) is 0.273. The van der Waals surface area contributed by atoms with Gasteiger partial charge in [-0.3, -0.25) is 9.59 Å². The zero-order valence-corrected chi connectivity index (χ0v) is 17.0. The zero-order chi connectivity index (χ0) is 22.1. The Balaban J connectivity index is 1.98. The van der Waals surface area contributed by atoms with Crippen molar-refractivity contribution < 1.29 is 32.6 Å². The Kier molecular flexibility index (Phi) is 6.17. The molecule has 0 bridgehead atoms. The number of hydrogen-bond donors (Lipinski definition) is 1. The van der Waals surface area contributed by atoms with E-state index in [1.54, 1.807) is 38.1 Å². The molecule has 1 heterocycles. The molecule has 1 N–H and O–H groups in total. The fourth-order valence-corrected chi connectivity index (χ4v) is 4.25. The Morgan fingerprint density at radius 2 is 1.73 bits per heavy atom. The highest BCUT2D eigenvalue weighted by Crippen LogP contribution is 2.41. The molecule has 0 saturated carbocycles. The van der Waals surface area contributed by atoms with Gasteiger partial charge in [0.25, 0.3) is 0 Å². The van der Waals surface area contributed by atoms with Crippen LogP contribution in [0.15, 0.2) is 48.5 Å². The maximum Gasteiger partial charge on any atom is 0.416 e. The number of halogens is 3. The van der Waals surface area contributed by atoms with Gasteiger partial charge in [-0.25, -0.2) is 0 Å². The van der Waals surface area contributed by atoms with Crippen LogP contribution >= 0.6 is 11.3 Å². The number of hydrogen-bond acceptors (Lipinski definition) is 4. The molecule has 2 unspecified atom stereocenters. The first kappa shape index (κ1) is 21.8. The van der Waals surface area contributed by atoms with Gasteiger partial charge in [0.15, 0.2) is 5.78 Å². The Hall–Kier alpha value is -2.87. The van der Waals surface area contributed by atoms with Crippen molar-refractivity contribution in [2.24, 2.45) is 5.92 Å². The van der Waals surface area contributed by atoms with Gasteiger partial charge >= 0.3 is 12.1 Å². The van der Waals surface area contributed by atoms with Crippen LogP contribution in [-0.2, 0) is 11.0 Å². The van der Waals surface area contributed by atoms with Gasteiger partial charge < -0.3 is 9.84 Å². The van der Waals surface area contributed by atoms with Crippen LogP contribution < -0.4 is 4.74 Å². The molecular weight excluding hydrogens is 417 g/mol. The number of carboxylic acids is 1. The van der Waals surface area contributed by atoms with Crippen LogP contribution in [-0.4, -0.2) is 16.9 Å². The van der Waals surface area contributed by atoms with E-state index in [1.165, 1.54) is 12.1 Å². The molecule has 2 aromatic carbocycles. The molecule has 3 aromatic rings. The number of fused-ring (bicyclic) bond motifs is 1. The van der Waals surface area contributed by atoms with Gasteiger partial charge in [-0.15, -0.1) is 11.3 Å². The third-order valence-electron chi connectivity index (χ3n) is 4.80. The molecule has 30 heavy (non-hydrogen) atoms. The number of ketones is 1. The van der Waals surface area contributed by atoms with Crippen molar-refractivity contribution in [3.63, 3.8) is 0 Å². The number of Topliss-reactive ketones (excluding diaryl/α,β-unsaturated/α-hetero) is 1. The minimum Gasteiger partial charge on any atom is -0.484 e. The molecule has 1 aromatic heterocycles. The van der Waals surface area contributed by atoms with E-state index < -0.39 is 35.5 Å². The van der Waals surface area contributed by atoms with Gasteiger partial charge in [-0.05, 0) is 43.2 Å². The molecule has 158 valence electrons. The van der Waals surface area contributed by atoms with E-state index in [-0.39, 0.29) is 17.0 Å². The van der Waals surface area contributed by atoms with Crippen molar-refractivity contribution in [1.29, 1.82) is 0 Å². The summed E-state index contributed by atoms with van der Waals surface area (Å²) >= 11 is 1.15. The van der Waals surface area contributed by atoms with E-state index in [0.29, 0.717) is 10.9 Å². The lowest BCUT2D eigenvalue weighted by Crippen LogP contribution is -2.23. The number of carbonyl (C=O) groups is 2. The summed E-state index contributed by atoms with van der Waals surface area (Å²) in [6.45, 7) is 3.28. The van der Waals surface area contributed by atoms with Gasteiger partial charge in [0.2, 0.25) is 0 Å². The van der Waals surface area contributed by atoms with Crippen LogP contribution in [0.4, 0.5) is 13.2 Å². The SMILES string of the molecule is CCC(C(=O)O)C(=O)c1sc2ccccc2c1OC(C)c1ccc(C(F)(F)F)cc1. The lowest BCUT2D eigenvalue weighted by Gasteiger charge is -2.17. The summed E-state index contributed by atoms with van der Waals surface area (Å²) in [7, 11) is 0. The van der Waals surface area contributed by atoms with Crippen molar-refractivity contribution in [1.82, 2.24) is 0 Å². The van der Waals surface area contributed by atoms with Crippen molar-refractivity contribution in [2.75, 3.05) is 0 Å². The molecule has 0 aliphatic heterocycles. The number of carboxylic acid groups (broad SMARTS) is 1. The van der Waals surface area contributed by atoms with Crippen LogP contribution in [0.25, 0.3) is 10.1 Å². The van der Waals surface area contributed by atoms with E-state index >= 15 is 0 Å². The standard InChI is InChI=1S/C22H19F3O4S/c1-3-15(21(27)28)18(26)20-19(16-6-4-5-7-17(16)30-20)29-12(2)13-8-10-14(11-9-13)22(23,24)25/h4-12,15H,3H2,1-2H3,(H,27,28). The quantitative estimate of drug-likeness (QED) is 0.346. The summed E-state index contributed by atoms with van der Waals surface area (Å²) in [6, 6.07) is 11.7. The maximum absolute atomic E-state index is 12.9. The molecule has 0 aliphatic rings. The number of alkyl halides is 3. The monoisotopic (exact) mass is 436 g/mol. The number of rotatable bonds is 7. The highest BCUT2D eigenvalue weighted by Gasteiger charge is 2.32. The second kappa shape index (κ2) is 8.47. The second-order valence-corrected chi connectivity index (χ2v) is 7.85. The van der Waals surface area contributed by atoms with Gasteiger partial charge in [0.1, 0.15) is 22.6 Å². The largest absolute Gasteiger partial charge is 0.484 e. The van der Waals surface area contributed by atoms with E-state index in [9.17, 15) is 27.9 Å². The summed E-state index contributed by atoms with van der Waals surface area (Å²) < 4.78 is 45.2. The van der Waals surface area contributed by atoms with E-state index in [1.807, 2.05) is 0 Å². The van der Waals surface area contributed by atoms with Gasteiger partial charge in [0.05, 0.1) is 5.56 Å². The van der Waals surface area contributed by atoms with Crippen LogP contribution in [0, 0.1) is 5.92 Å². The summed E-state index contributed by atoms with van der Waals surface area (Å²) in [4.78, 5) is 24.6. The molecule has 3 rings (SSSR count). The topological polar surface area (TPSA) is 63.6 Å². The Labute approximate surface area is 174 Å². The number of aliphatic carboxylic acids is 1. The smallest absolute Gasteiger partial charge is 0.416 e. The molecule has 0 aliphatic carbocycles. The molecule has 0 fully saturated rings. The summed E-state index contributed by atoms with van der Waals surface area (Å²) in [5.74, 6) is -2.68. The molecule has 0 radical (unpaired) electrons. The van der Waals surface area contributed by atoms with Crippen molar-refractivity contribution >= 4 is 33.2 Å². The minimum atomic E-state index is -4.43. The first-order chi connectivity index (χ1) is 14.1. The third kappa shape index (κ3) is 4.33. The van der Waals surface area contributed by atoms with Crippen LogP contribution in [0.2, 0.25) is 0 Å². The first-order valence-corrected chi connectivity index (χ1v) is 10.1. The van der Waals surface area contributed by atoms with Crippen molar-refractivity contribution in [3.8, 4) is 5.75 Å². The fourth-order valence-electron chi connectivity index (χ4n) is 3.12. The highest BCUT2D eigenvalue weighted by molar-refractivity contribution is 7.21. The maximum atomic E-state index is 12.9. The van der Waals surface area contributed by atoms with Gasteiger partial charge in [-0.1, -0.05) is 31.2 Å². The van der Waals surface area contributed by atoms with Crippen molar-refractivity contribution in [3.05, 3.63) is 64.5 Å². The molecular formula is C22H19F3O4S.